The second-order valence-corrected chi connectivity index (χ2v) is 9.02. The number of hydrogen-bond donors (Lipinski definition) is 0. The fourth-order valence-corrected chi connectivity index (χ4v) is 3.42. The average Bonchev–Trinajstić information content (AvgIpc) is 2.75. The lowest BCUT2D eigenvalue weighted by Crippen LogP contribution is -2.16. The summed E-state index contributed by atoms with van der Waals surface area (Å²) in [4.78, 5) is 4.41. The van der Waals surface area contributed by atoms with Crippen LogP contribution in [-0.2, 0) is 16.4 Å². The van der Waals surface area contributed by atoms with Crippen molar-refractivity contribution < 1.29 is 12.8 Å². The van der Waals surface area contributed by atoms with Gasteiger partial charge in [0.25, 0.3) is 0 Å². The van der Waals surface area contributed by atoms with Gasteiger partial charge < -0.3 is 4.57 Å². The number of nitrogens with zero attached hydrogens (tertiary/aromatic N) is 2. The minimum atomic E-state index is -3.11. The summed E-state index contributed by atoms with van der Waals surface area (Å²) >= 11 is 8.01. The van der Waals surface area contributed by atoms with Gasteiger partial charge in [-0.05, 0) is 35.6 Å². The maximum atomic E-state index is 13.8. The first-order chi connectivity index (χ1) is 9.75. The molecule has 0 radical (unpaired) electrons. The summed E-state index contributed by atoms with van der Waals surface area (Å²) in [5.41, 5.74) is 1.19. The highest BCUT2D eigenvalue weighted by Gasteiger charge is 2.18. The molecule has 1 unspecified atom stereocenters. The van der Waals surface area contributed by atoms with Gasteiger partial charge in [-0.25, -0.2) is 17.8 Å². The summed E-state index contributed by atoms with van der Waals surface area (Å²) in [6.07, 6.45) is 0. The zero-order valence-electron chi connectivity index (χ0n) is 11.6. The molecule has 2 aromatic rings. The first-order valence-electron chi connectivity index (χ1n) is 6.45. The molecular formula is C13H15ClFIN2O2S. The van der Waals surface area contributed by atoms with E-state index in [1.807, 2.05) is 22.6 Å². The van der Waals surface area contributed by atoms with E-state index in [0.29, 0.717) is 20.4 Å². The van der Waals surface area contributed by atoms with E-state index in [4.69, 9.17) is 11.6 Å². The summed E-state index contributed by atoms with van der Waals surface area (Å²) in [6, 6.07) is 3.02. The van der Waals surface area contributed by atoms with Crippen molar-refractivity contribution in [3.05, 3.63) is 27.3 Å². The predicted octanol–water partition coefficient (Wildman–Crippen LogP) is 3.51. The Morgan fingerprint density at radius 2 is 2.14 bits per heavy atom. The molecule has 8 heteroatoms. The number of sulfone groups is 1. The van der Waals surface area contributed by atoms with E-state index in [0.717, 1.165) is 0 Å². The third-order valence-electron chi connectivity index (χ3n) is 3.24. The van der Waals surface area contributed by atoms with Crippen LogP contribution in [0.2, 0.25) is 0 Å². The smallest absolute Gasteiger partial charge is 0.151 e. The Morgan fingerprint density at radius 3 is 2.71 bits per heavy atom. The van der Waals surface area contributed by atoms with Crippen LogP contribution in [0.5, 0.6) is 0 Å². The van der Waals surface area contributed by atoms with Crippen molar-refractivity contribution in [2.75, 3.05) is 11.5 Å². The zero-order chi connectivity index (χ0) is 15.8. The van der Waals surface area contributed by atoms with Crippen LogP contribution in [0.4, 0.5) is 4.39 Å². The Morgan fingerprint density at radius 1 is 1.48 bits per heavy atom. The number of halogens is 3. The Balaban J connectivity index is 2.53. The fraction of sp³-hybridized carbons (Fsp3) is 0.462. The van der Waals surface area contributed by atoms with Gasteiger partial charge in [-0.3, -0.25) is 0 Å². The molecule has 0 amide bonds. The first kappa shape index (κ1) is 17.0. The SMILES string of the molecule is CCS(=O)(=O)CCn1c(C(C)Cl)nc2cc(I)c(F)cc21. The maximum Gasteiger partial charge on any atom is 0.151 e. The van der Waals surface area contributed by atoms with Gasteiger partial charge in [-0.2, -0.15) is 0 Å². The normalized spacial score (nSPS) is 13.8. The summed E-state index contributed by atoms with van der Waals surface area (Å²) in [5.74, 6) is 0.271. The third kappa shape index (κ3) is 3.68. The van der Waals surface area contributed by atoms with Crippen LogP contribution < -0.4 is 0 Å². The quantitative estimate of drug-likeness (QED) is 0.524. The molecule has 2 rings (SSSR count). The number of alkyl halides is 1. The van der Waals surface area contributed by atoms with Crippen LogP contribution in [0.1, 0.15) is 25.0 Å². The van der Waals surface area contributed by atoms with Crippen molar-refractivity contribution in [3.63, 3.8) is 0 Å². The fourth-order valence-electron chi connectivity index (χ4n) is 2.05. The van der Waals surface area contributed by atoms with Crippen LogP contribution in [-0.4, -0.2) is 29.5 Å². The van der Waals surface area contributed by atoms with E-state index in [1.165, 1.54) is 6.07 Å². The van der Waals surface area contributed by atoms with Crippen LogP contribution in [0.25, 0.3) is 11.0 Å². The van der Waals surface area contributed by atoms with Gasteiger partial charge in [0.05, 0.1) is 25.7 Å². The number of aromatic nitrogens is 2. The standard InChI is InChI=1S/C13H15ClFIN2O2S/c1-3-21(19,20)5-4-18-12-6-9(15)10(16)7-11(12)17-13(18)8(2)14/h6-8H,3-5H2,1-2H3. The van der Waals surface area contributed by atoms with Crippen LogP contribution in [0, 0.1) is 9.39 Å². The van der Waals surface area contributed by atoms with Gasteiger partial charge >= 0.3 is 0 Å². The second-order valence-electron chi connectivity index (χ2n) is 4.73. The van der Waals surface area contributed by atoms with E-state index < -0.39 is 9.84 Å². The van der Waals surface area contributed by atoms with Crippen molar-refractivity contribution in [2.45, 2.75) is 25.8 Å². The highest BCUT2D eigenvalue weighted by atomic mass is 127. The molecule has 1 atom stereocenters. The second kappa shape index (κ2) is 6.37. The molecule has 0 aliphatic rings. The van der Waals surface area contributed by atoms with E-state index in [1.54, 1.807) is 24.5 Å². The van der Waals surface area contributed by atoms with Crippen molar-refractivity contribution in [3.8, 4) is 0 Å². The molecule has 21 heavy (non-hydrogen) atoms. The Labute approximate surface area is 141 Å². The van der Waals surface area contributed by atoms with E-state index >= 15 is 0 Å². The van der Waals surface area contributed by atoms with Gasteiger partial charge in [-0.15, -0.1) is 11.6 Å². The van der Waals surface area contributed by atoms with Gasteiger partial charge in [0, 0.05) is 18.4 Å². The summed E-state index contributed by atoms with van der Waals surface area (Å²) in [7, 11) is -3.11. The number of hydrogen-bond acceptors (Lipinski definition) is 3. The Hall–Kier alpha value is -0.410. The van der Waals surface area contributed by atoms with Crippen molar-refractivity contribution in [2.24, 2.45) is 0 Å². The largest absolute Gasteiger partial charge is 0.326 e. The lowest BCUT2D eigenvalue weighted by molar-refractivity contribution is 0.588. The van der Waals surface area contributed by atoms with Crippen molar-refractivity contribution >= 4 is 55.1 Å². The molecule has 4 nitrogen and oxygen atoms in total. The van der Waals surface area contributed by atoms with Crippen molar-refractivity contribution in [1.29, 1.82) is 0 Å². The van der Waals surface area contributed by atoms with E-state index in [2.05, 4.69) is 4.98 Å². The average molecular weight is 445 g/mol. The Bertz CT molecular complexity index is 774. The zero-order valence-corrected chi connectivity index (χ0v) is 15.3. The molecule has 0 fully saturated rings. The number of imidazole rings is 1. The molecule has 0 saturated carbocycles. The topological polar surface area (TPSA) is 52.0 Å². The van der Waals surface area contributed by atoms with Crippen LogP contribution in [0.3, 0.4) is 0 Å². The molecule has 0 saturated heterocycles. The van der Waals surface area contributed by atoms with Gasteiger partial charge in [0.15, 0.2) is 9.84 Å². The number of aryl methyl sites for hydroxylation is 1. The maximum absolute atomic E-state index is 13.8. The van der Waals surface area contributed by atoms with Gasteiger partial charge in [0.1, 0.15) is 11.6 Å². The first-order valence-corrected chi connectivity index (χ1v) is 9.78. The number of rotatable bonds is 5. The van der Waals surface area contributed by atoms with E-state index in [9.17, 15) is 12.8 Å². The van der Waals surface area contributed by atoms with Gasteiger partial charge in [-0.1, -0.05) is 6.92 Å². The molecule has 1 aromatic heterocycles. The van der Waals surface area contributed by atoms with E-state index in [-0.39, 0.29) is 29.2 Å². The van der Waals surface area contributed by atoms with Crippen molar-refractivity contribution in [1.82, 2.24) is 9.55 Å². The number of fused-ring (bicyclic) bond motifs is 1. The third-order valence-corrected chi connectivity index (χ3v) is 5.95. The molecule has 0 aliphatic carbocycles. The predicted molar refractivity (Wildman–Crippen MR) is 91.0 cm³/mol. The monoisotopic (exact) mass is 444 g/mol. The van der Waals surface area contributed by atoms with Crippen LogP contribution in [0.15, 0.2) is 12.1 Å². The lowest BCUT2D eigenvalue weighted by Gasteiger charge is -2.10. The van der Waals surface area contributed by atoms with Gasteiger partial charge in [0.2, 0.25) is 0 Å². The minimum absolute atomic E-state index is 0.0147. The Kier molecular flexibility index (Phi) is 5.15. The molecule has 0 aliphatic heterocycles. The van der Waals surface area contributed by atoms with Crippen LogP contribution >= 0.6 is 34.2 Å². The molecule has 0 spiro atoms. The summed E-state index contributed by atoms with van der Waals surface area (Å²) in [5, 5.41) is -0.387. The molecule has 1 heterocycles. The summed E-state index contributed by atoms with van der Waals surface area (Å²) in [6.45, 7) is 3.59. The minimum Gasteiger partial charge on any atom is -0.326 e. The highest BCUT2D eigenvalue weighted by molar-refractivity contribution is 14.1. The highest BCUT2D eigenvalue weighted by Crippen LogP contribution is 2.27. The summed E-state index contributed by atoms with van der Waals surface area (Å²) < 4.78 is 39.3. The number of benzene rings is 1. The molecule has 0 bridgehead atoms. The lowest BCUT2D eigenvalue weighted by atomic mass is 10.3. The molecule has 1 aromatic carbocycles. The molecular weight excluding hydrogens is 430 g/mol. The molecule has 0 N–H and O–H groups in total. The molecule has 116 valence electrons.